The van der Waals surface area contributed by atoms with Gasteiger partial charge in [0.2, 0.25) is 0 Å². The maximum absolute atomic E-state index is 11.6. The standard InChI is InChI=1S/C13H20N2O2/c1-4-8-15(3)12-9-10(6-7-11(12)14)13(16)17-5-2/h6-7,9H,4-5,8,14H2,1-3H3. The predicted octanol–water partition coefficient (Wildman–Crippen LogP) is 2.29. The third kappa shape index (κ3) is 3.37. The Morgan fingerprint density at radius 1 is 1.41 bits per heavy atom. The van der Waals surface area contributed by atoms with Crippen molar-refractivity contribution in [2.75, 3.05) is 30.8 Å². The van der Waals surface area contributed by atoms with E-state index in [9.17, 15) is 4.79 Å². The first-order valence-electron chi connectivity index (χ1n) is 5.87. The number of rotatable bonds is 5. The van der Waals surface area contributed by atoms with Crippen LogP contribution in [-0.4, -0.2) is 26.2 Å². The number of esters is 1. The molecule has 1 aromatic rings. The fourth-order valence-corrected chi connectivity index (χ4v) is 1.67. The van der Waals surface area contributed by atoms with Crippen LogP contribution in [0.15, 0.2) is 18.2 Å². The molecule has 1 aromatic carbocycles. The van der Waals surface area contributed by atoms with Gasteiger partial charge in [0.15, 0.2) is 0 Å². The SMILES string of the molecule is CCCN(C)c1cc(C(=O)OCC)ccc1N. The normalized spacial score (nSPS) is 10.1. The van der Waals surface area contributed by atoms with Crippen molar-refractivity contribution < 1.29 is 9.53 Å². The molecule has 0 spiro atoms. The maximum atomic E-state index is 11.6. The highest BCUT2D eigenvalue weighted by atomic mass is 16.5. The minimum atomic E-state index is -0.307. The number of nitrogen functional groups attached to an aromatic ring is 1. The van der Waals surface area contributed by atoms with E-state index in [1.807, 2.05) is 11.9 Å². The summed E-state index contributed by atoms with van der Waals surface area (Å²) in [5, 5.41) is 0. The first-order valence-corrected chi connectivity index (χ1v) is 5.87. The van der Waals surface area contributed by atoms with E-state index in [4.69, 9.17) is 10.5 Å². The average molecular weight is 236 g/mol. The number of anilines is 2. The zero-order chi connectivity index (χ0) is 12.8. The molecule has 0 bridgehead atoms. The van der Waals surface area contributed by atoms with E-state index in [2.05, 4.69) is 6.92 Å². The Morgan fingerprint density at radius 3 is 2.71 bits per heavy atom. The number of nitrogens with zero attached hydrogens (tertiary/aromatic N) is 1. The van der Waals surface area contributed by atoms with Crippen molar-refractivity contribution in [2.24, 2.45) is 0 Å². The molecule has 0 atom stereocenters. The Kier molecular flexibility index (Phi) is 4.82. The Labute approximate surface area is 102 Å². The topological polar surface area (TPSA) is 55.6 Å². The van der Waals surface area contributed by atoms with E-state index < -0.39 is 0 Å². The largest absolute Gasteiger partial charge is 0.462 e. The monoisotopic (exact) mass is 236 g/mol. The molecule has 0 aliphatic heterocycles. The molecule has 0 aliphatic rings. The minimum absolute atomic E-state index is 0.307. The van der Waals surface area contributed by atoms with Crippen molar-refractivity contribution >= 4 is 17.3 Å². The van der Waals surface area contributed by atoms with Gasteiger partial charge in [-0.25, -0.2) is 4.79 Å². The van der Waals surface area contributed by atoms with Gasteiger partial charge in [0.05, 0.1) is 23.5 Å². The van der Waals surface area contributed by atoms with Crippen LogP contribution in [0, 0.1) is 0 Å². The Bertz CT molecular complexity index is 391. The van der Waals surface area contributed by atoms with Gasteiger partial charge in [-0.3, -0.25) is 0 Å². The van der Waals surface area contributed by atoms with Crippen molar-refractivity contribution in [1.82, 2.24) is 0 Å². The van der Waals surface area contributed by atoms with Crippen LogP contribution < -0.4 is 10.6 Å². The molecule has 0 saturated carbocycles. The Morgan fingerprint density at radius 2 is 2.12 bits per heavy atom. The predicted molar refractivity (Wildman–Crippen MR) is 70.4 cm³/mol. The molecule has 4 nitrogen and oxygen atoms in total. The second-order valence-electron chi connectivity index (χ2n) is 3.92. The van der Waals surface area contributed by atoms with Gasteiger partial charge in [-0.05, 0) is 31.5 Å². The third-order valence-corrected chi connectivity index (χ3v) is 2.51. The molecule has 17 heavy (non-hydrogen) atoms. The van der Waals surface area contributed by atoms with Crippen LogP contribution in [0.5, 0.6) is 0 Å². The Balaban J connectivity index is 2.97. The van der Waals surface area contributed by atoms with Crippen molar-refractivity contribution in [3.05, 3.63) is 23.8 Å². The number of ether oxygens (including phenoxy) is 1. The van der Waals surface area contributed by atoms with E-state index in [0.29, 0.717) is 17.9 Å². The number of benzene rings is 1. The number of hydrogen-bond acceptors (Lipinski definition) is 4. The van der Waals surface area contributed by atoms with Crippen molar-refractivity contribution in [3.8, 4) is 0 Å². The fourth-order valence-electron chi connectivity index (χ4n) is 1.67. The summed E-state index contributed by atoms with van der Waals surface area (Å²) in [4.78, 5) is 13.6. The molecular weight excluding hydrogens is 216 g/mol. The van der Waals surface area contributed by atoms with E-state index in [1.54, 1.807) is 25.1 Å². The summed E-state index contributed by atoms with van der Waals surface area (Å²) in [5.41, 5.74) is 7.99. The van der Waals surface area contributed by atoms with E-state index in [-0.39, 0.29) is 5.97 Å². The van der Waals surface area contributed by atoms with Gasteiger partial charge in [-0.15, -0.1) is 0 Å². The maximum Gasteiger partial charge on any atom is 0.338 e. The van der Waals surface area contributed by atoms with E-state index in [1.165, 1.54) is 0 Å². The lowest BCUT2D eigenvalue weighted by molar-refractivity contribution is 0.0526. The van der Waals surface area contributed by atoms with Crippen molar-refractivity contribution in [3.63, 3.8) is 0 Å². The highest BCUT2D eigenvalue weighted by Crippen LogP contribution is 2.24. The number of carbonyl (C=O) groups excluding carboxylic acids is 1. The highest BCUT2D eigenvalue weighted by Gasteiger charge is 2.11. The van der Waals surface area contributed by atoms with Gasteiger partial charge in [0.25, 0.3) is 0 Å². The van der Waals surface area contributed by atoms with E-state index >= 15 is 0 Å². The second kappa shape index (κ2) is 6.13. The number of nitrogens with two attached hydrogens (primary N) is 1. The Hall–Kier alpha value is -1.71. The smallest absolute Gasteiger partial charge is 0.338 e. The second-order valence-corrected chi connectivity index (χ2v) is 3.92. The summed E-state index contributed by atoms with van der Waals surface area (Å²) >= 11 is 0. The van der Waals surface area contributed by atoms with Crippen molar-refractivity contribution in [2.45, 2.75) is 20.3 Å². The van der Waals surface area contributed by atoms with Gasteiger partial charge in [-0.1, -0.05) is 6.92 Å². The van der Waals surface area contributed by atoms with Gasteiger partial charge in [-0.2, -0.15) is 0 Å². The van der Waals surface area contributed by atoms with Gasteiger partial charge < -0.3 is 15.4 Å². The minimum Gasteiger partial charge on any atom is -0.462 e. The van der Waals surface area contributed by atoms with Crippen LogP contribution in [0.2, 0.25) is 0 Å². The van der Waals surface area contributed by atoms with Crippen LogP contribution in [-0.2, 0) is 4.74 Å². The summed E-state index contributed by atoms with van der Waals surface area (Å²) in [5.74, 6) is -0.307. The highest BCUT2D eigenvalue weighted by molar-refractivity contribution is 5.92. The van der Waals surface area contributed by atoms with Crippen LogP contribution in [0.25, 0.3) is 0 Å². The van der Waals surface area contributed by atoms with Gasteiger partial charge >= 0.3 is 5.97 Å². The molecule has 2 N–H and O–H groups in total. The molecule has 0 radical (unpaired) electrons. The lowest BCUT2D eigenvalue weighted by Crippen LogP contribution is -2.19. The van der Waals surface area contributed by atoms with E-state index in [0.717, 1.165) is 18.7 Å². The number of hydrogen-bond donors (Lipinski definition) is 1. The molecule has 0 aliphatic carbocycles. The fraction of sp³-hybridized carbons (Fsp3) is 0.462. The summed E-state index contributed by atoms with van der Waals surface area (Å²) < 4.78 is 4.96. The molecule has 94 valence electrons. The van der Waals surface area contributed by atoms with Crippen LogP contribution >= 0.6 is 0 Å². The summed E-state index contributed by atoms with van der Waals surface area (Å²) in [6.07, 6.45) is 1.03. The molecule has 0 fully saturated rings. The average Bonchev–Trinajstić information content (AvgIpc) is 2.30. The zero-order valence-electron chi connectivity index (χ0n) is 10.7. The van der Waals surface area contributed by atoms with Crippen LogP contribution in [0.3, 0.4) is 0 Å². The first-order chi connectivity index (χ1) is 8.10. The molecule has 1 rings (SSSR count). The molecule has 0 heterocycles. The molecule has 0 amide bonds. The molecular formula is C13H20N2O2. The van der Waals surface area contributed by atoms with Gasteiger partial charge in [0.1, 0.15) is 0 Å². The molecule has 0 unspecified atom stereocenters. The van der Waals surface area contributed by atoms with Crippen LogP contribution in [0.1, 0.15) is 30.6 Å². The third-order valence-electron chi connectivity index (χ3n) is 2.51. The quantitative estimate of drug-likeness (QED) is 0.629. The summed E-state index contributed by atoms with van der Waals surface area (Å²) in [6.45, 7) is 5.17. The molecule has 4 heteroatoms. The van der Waals surface area contributed by atoms with Crippen LogP contribution in [0.4, 0.5) is 11.4 Å². The summed E-state index contributed by atoms with van der Waals surface area (Å²) in [6, 6.07) is 5.22. The summed E-state index contributed by atoms with van der Waals surface area (Å²) in [7, 11) is 1.96. The molecule has 0 aromatic heterocycles. The number of carbonyl (C=O) groups is 1. The lowest BCUT2D eigenvalue weighted by atomic mass is 10.1. The van der Waals surface area contributed by atoms with Gasteiger partial charge in [0, 0.05) is 13.6 Å². The zero-order valence-corrected chi connectivity index (χ0v) is 10.7. The molecule has 0 saturated heterocycles. The first kappa shape index (κ1) is 13.4. The van der Waals surface area contributed by atoms with Crippen molar-refractivity contribution in [1.29, 1.82) is 0 Å². The lowest BCUT2D eigenvalue weighted by Gasteiger charge is -2.20.